The van der Waals surface area contributed by atoms with E-state index in [9.17, 15) is 9.59 Å². The number of amides is 2. The van der Waals surface area contributed by atoms with E-state index < -0.39 is 5.91 Å². The van der Waals surface area contributed by atoms with Crippen LogP contribution in [0, 0.1) is 0 Å². The lowest BCUT2D eigenvalue weighted by molar-refractivity contribution is 0.0937. The Bertz CT molecular complexity index is 648. The van der Waals surface area contributed by atoms with E-state index in [-0.39, 0.29) is 17.4 Å². The number of rotatable bonds is 8. The number of hydrogen-bond donors (Lipinski definition) is 2. The van der Waals surface area contributed by atoms with E-state index in [4.69, 9.17) is 9.15 Å². The molecule has 2 heterocycles. The van der Waals surface area contributed by atoms with E-state index in [0.29, 0.717) is 25.6 Å². The van der Waals surface area contributed by atoms with E-state index in [2.05, 4.69) is 15.7 Å². The summed E-state index contributed by atoms with van der Waals surface area (Å²) in [5, 5.41) is 9.48. The number of furan rings is 1. The summed E-state index contributed by atoms with van der Waals surface area (Å²) in [7, 11) is 1.64. The molecule has 0 atom stereocenters. The first-order valence-electron chi connectivity index (χ1n) is 7.36. The van der Waals surface area contributed by atoms with Gasteiger partial charge in [-0.25, -0.2) is 0 Å². The summed E-state index contributed by atoms with van der Waals surface area (Å²) in [6.45, 7) is 3.69. The van der Waals surface area contributed by atoms with Crippen molar-refractivity contribution >= 4 is 17.6 Å². The number of nitrogens with zero attached hydrogens (tertiary/aromatic N) is 2. The molecule has 0 aliphatic heterocycles. The highest BCUT2D eigenvalue weighted by molar-refractivity contribution is 6.02. The number of aromatic nitrogens is 2. The van der Waals surface area contributed by atoms with Crippen molar-refractivity contribution in [3.05, 3.63) is 35.9 Å². The second-order valence-corrected chi connectivity index (χ2v) is 4.78. The van der Waals surface area contributed by atoms with Crippen LogP contribution in [-0.4, -0.2) is 41.4 Å². The molecule has 0 bridgehead atoms. The number of ether oxygens (including phenoxy) is 1. The van der Waals surface area contributed by atoms with Crippen LogP contribution in [-0.2, 0) is 11.8 Å². The fourth-order valence-electron chi connectivity index (χ4n) is 1.89. The van der Waals surface area contributed by atoms with E-state index in [0.717, 1.165) is 6.42 Å². The molecule has 0 unspecified atom stereocenters. The first kappa shape index (κ1) is 16.8. The van der Waals surface area contributed by atoms with Gasteiger partial charge in [-0.1, -0.05) is 0 Å². The molecule has 0 aliphatic carbocycles. The average Bonchev–Trinajstić information content (AvgIpc) is 3.17. The number of hydrogen-bond acceptors (Lipinski definition) is 5. The van der Waals surface area contributed by atoms with Gasteiger partial charge in [0.2, 0.25) is 0 Å². The van der Waals surface area contributed by atoms with E-state index in [1.807, 2.05) is 6.92 Å². The molecule has 2 aromatic heterocycles. The summed E-state index contributed by atoms with van der Waals surface area (Å²) < 4.78 is 11.6. The van der Waals surface area contributed by atoms with E-state index >= 15 is 0 Å². The summed E-state index contributed by atoms with van der Waals surface area (Å²) in [5.74, 6) is -0.101. The average molecular weight is 320 g/mol. The monoisotopic (exact) mass is 320 g/mol. The van der Waals surface area contributed by atoms with Crippen molar-refractivity contribution in [2.75, 3.05) is 25.1 Å². The third-order valence-electron chi connectivity index (χ3n) is 3.05. The molecule has 124 valence electrons. The molecule has 0 spiro atoms. The first-order chi connectivity index (χ1) is 11.1. The molecule has 0 aliphatic rings. The maximum absolute atomic E-state index is 12.0. The van der Waals surface area contributed by atoms with Crippen LogP contribution in [0.15, 0.2) is 28.9 Å². The molecule has 2 rings (SSSR count). The van der Waals surface area contributed by atoms with Crippen molar-refractivity contribution in [1.29, 1.82) is 0 Å². The molecule has 2 N–H and O–H groups in total. The van der Waals surface area contributed by atoms with Crippen LogP contribution < -0.4 is 10.6 Å². The summed E-state index contributed by atoms with van der Waals surface area (Å²) in [5.41, 5.74) is 0.235. The van der Waals surface area contributed by atoms with Gasteiger partial charge in [0.25, 0.3) is 11.8 Å². The third-order valence-corrected chi connectivity index (χ3v) is 3.05. The Hall–Kier alpha value is -2.61. The molecule has 0 saturated heterocycles. The minimum absolute atomic E-state index is 0.188. The Kier molecular flexibility index (Phi) is 5.93. The summed E-state index contributed by atoms with van der Waals surface area (Å²) in [6, 6.07) is 4.69. The summed E-state index contributed by atoms with van der Waals surface area (Å²) in [4.78, 5) is 23.9. The summed E-state index contributed by atoms with van der Waals surface area (Å²) >= 11 is 0. The number of anilines is 1. The molecule has 0 fully saturated rings. The van der Waals surface area contributed by atoms with Gasteiger partial charge < -0.3 is 19.8 Å². The molecule has 23 heavy (non-hydrogen) atoms. The van der Waals surface area contributed by atoms with Gasteiger partial charge in [0.15, 0.2) is 11.5 Å². The van der Waals surface area contributed by atoms with Crippen molar-refractivity contribution in [2.24, 2.45) is 7.05 Å². The van der Waals surface area contributed by atoms with Gasteiger partial charge in [0.05, 0.1) is 6.26 Å². The maximum atomic E-state index is 12.0. The normalized spacial score (nSPS) is 10.5. The summed E-state index contributed by atoms with van der Waals surface area (Å²) in [6.07, 6.45) is 2.15. The lowest BCUT2D eigenvalue weighted by Gasteiger charge is -2.02. The number of carbonyl (C=O) groups is 2. The van der Waals surface area contributed by atoms with Crippen molar-refractivity contribution in [3.8, 4) is 0 Å². The van der Waals surface area contributed by atoms with Crippen LogP contribution in [0.25, 0.3) is 0 Å². The van der Waals surface area contributed by atoms with Crippen LogP contribution >= 0.6 is 0 Å². The van der Waals surface area contributed by atoms with Gasteiger partial charge >= 0.3 is 0 Å². The first-order valence-corrected chi connectivity index (χ1v) is 7.36. The SMILES string of the molecule is CCOCCCNC(=O)c1cc(NC(=O)c2ccco2)n(C)n1. The highest BCUT2D eigenvalue weighted by Gasteiger charge is 2.15. The number of nitrogens with one attached hydrogen (secondary N) is 2. The van der Waals surface area contributed by atoms with Gasteiger partial charge in [-0.15, -0.1) is 0 Å². The Morgan fingerprint density at radius 2 is 2.22 bits per heavy atom. The van der Waals surface area contributed by atoms with Crippen LogP contribution in [0.3, 0.4) is 0 Å². The third kappa shape index (κ3) is 4.68. The van der Waals surface area contributed by atoms with Gasteiger partial charge in [0.1, 0.15) is 5.82 Å². The van der Waals surface area contributed by atoms with Gasteiger partial charge in [-0.3, -0.25) is 14.3 Å². The lowest BCUT2D eigenvalue weighted by Crippen LogP contribution is -2.25. The van der Waals surface area contributed by atoms with E-state index in [1.54, 1.807) is 19.2 Å². The largest absolute Gasteiger partial charge is 0.459 e. The molecular formula is C15H20N4O4. The molecule has 2 amide bonds. The zero-order chi connectivity index (χ0) is 16.7. The molecule has 0 aromatic carbocycles. The topological polar surface area (TPSA) is 98.4 Å². The fourth-order valence-corrected chi connectivity index (χ4v) is 1.89. The van der Waals surface area contributed by atoms with Gasteiger partial charge in [-0.2, -0.15) is 5.10 Å². The van der Waals surface area contributed by atoms with E-state index in [1.165, 1.54) is 17.0 Å². The zero-order valence-corrected chi connectivity index (χ0v) is 13.2. The smallest absolute Gasteiger partial charge is 0.292 e. The highest BCUT2D eigenvalue weighted by Crippen LogP contribution is 2.11. The molecule has 8 nitrogen and oxygen atoms in total. The Morgan fingerprint density at radius 1 is 1.39 bits per heavy atom. The van der Waals surface area contributed by atoms with Crippen molar-refractivity contribution < 1.29 is 18.7 Å². The molecule has 0 saturated carbocycles. The van der Waals surface area contributed by atoms with Crippen molar-refractivity contribution in [1.82, 2.24) is 15.1 Å². The number of carbonyl (C=O) groups excluding carboxylic acids is 2. The van der Waals surface area contributed by atoms with Crippen LogP contribution in [0.2, 0.25) is 0 Å². The standard InChI is InChI=1S/C15H20N4O4/c1-3-22-8-5-7-16-14(20)11-10-13(19(2)18-11)17-15(21)12-6-4-9-23-12/h4,6,9-10H,3,5,7-8H2,1-2H3,(H,16,20)(H,17,21). The zero-order valence-electron chi connectivity index (χ0n) is 13.2. The van der Waals surface area contributed by atoms with Crippen LogP contribution in [0.4, 0.5) is 5.82 Å². The second-order valence-electron chi connectivity index (χ2n) is 4.78. The Morgan fingerprint density at radius 3 is 2.91 bits per heavy atom. The Labute approximate surface area is 133 Å². The van der Waals surface area contributed by atoms with Gasteiger partial charge in [-0.05, 0) is 25.5 Å². The molecule has 2 aromatic rings. The molecule has 8 heteroatoms. The maximum Gasteiger partial charge on any atom is 0.292 e. The minimum atomic E-state index is -0.401. The minimum Gasteiger partial charge on any atom is -0.459 e. The lowest BCUT2D eigenvalue weighted by atomic mass is 10.3. The molecule has 0 radical (unpaired) electrons. The van der Waals surface area contributed by atoms with Crippen molar-refractivity contribution in [2.45, 2.75) is 13.3 Å². The Balaban J connectivity index is 1.89. The van der Waals surface area contributed by atoms with Gasteiger partial charge in [0, 0.05) is 32.9 Å². The van der Waals surface area contributed by atoms with Crippen molar-refractivity contribution in [3.63, 3.8) is 0 Å². The molecular weight excluding hydrogens is 300 g/mol. The predicted molar refractivity (Wildman–Crippen MR) is 83.3 cm³/mol. The quantitative estimate of drug-likeness (QED) is 0.717. The number of aryl methyl sites for hydroxylation is 1. The highest BCUT2D eigenvalue weighted by atomic mass is 16.5. The predicted octanol–water partition coefficient (Wildman–Crippen LogP) is 1.42. The van der Waals surface area contributed by atoms with Crippen LogP contribution in [0.1, 0.15) is 34.4 Å². The van der Waals surface area contributed by atoms with Crippen LogP contribution in [0.5, 0.6) is 0 Å². The second kappa shape index (κ2) is 8.14. The fraction of sp³-hybridized carbons (Fsp3) is 0.400.